The summed E-state index contributed by atoms with van der Waals surface area (Å²) < 4.78 is 4.55. The lowest BCUT2D eigenvalue weighted by atomic mass is 9.99. The molecule has 4 aromatic carbocycles. The minimum absolute atomic E-state index is 0.926. The minimum atomic E-state index is 0.926. The highest BCUT2D eigenvalue weighted by atomic mass is 15.0. The van der Waals surface area contributed by atoms with Crippen molar-refractivity contribution in [3.8, 4) is 44.5 Å². The summed E-state index contributed by atoms with van der Waals surface area (Å²) in [5.41, 5.74) is 19.0. The second-order valence-electron chi connectivity index (χ2n) is 14.2. The summed E-state index contributed by atoms with van der Waals surface area (Å²) in [4.78, 5) is 17.8. The summed E-state index contributed by atoms with van der Waals surface area (Å²) in [5.74, 6) is 0. The Labute approximate surface area is 328 Å². The second-order valence-corrected chi connectivity index (χ2v) is 14.2. The lowest BCUT2D eigenvalue weighted by Gasteiger charge is -2.09. The fourth-order valence-corrected chi connectivity index (χ4v) is 8.22. The van der Waals surface area contributed by atoms with E-state index in [2.05, 4.69) is 168 Å². The molecule has 6 nitrogen and oxygen atoms in total. The molecular weight excluding hydrogens is 697 g/mol. The first-order valence-corrected chi connectivity index (χ1v) is 18.9. The minimum Gasteiger partial charge on any atom is -0.307 e. The van der Waals surface area contributed by atoms with Gasteiger partial charge in [-0.1, -0.05) is 72.5 Å². The molecule has 0 bridgehead atoms. The maximum atomic E-state index is 4.56. The van der Waals surface area contributed by atoms with Gasteiger partial charge in [0.1, 0.15) is 0 Å². The number of hydrogen-bond acceptors (Lipinski definition) is 4. The lowest BCUT2D eigenvalue weighted by Crippen LogP contribution is -1.94. The molecule has 6 heteroatoms. The molecule has 6 aromatic heterocycles. The van der Waals surface area contributed by atoms with Gasteiger partial charge >= 0.3 is 0 Å². The molecule has 266 valence electrons. The maximum Gasteiger partial charge on any atom is 0.0892 e. The molecule has 0 aliphatic heterocycles. The van der Waals surface area contributed by atoms with Crippen LogP contribution in [0.1, 0.15) is 0 Å². The number of aromatic nitrogens is 6. The number of hydrogen-bond donors (Lipinski definition) is 0. The van der Waals surface area contributed by atoms with Crippen LogP contribution in [0.4, 0.5) is 0 Å². The molecule has 0 radical (unpaired) electrons. The number of rotatable bonds is 6. The Kier molecular flexibility index (Phi) is 7.66. The van der Waals surface area contributed by atoms with Crippen LogP contribution in [0.5, 0.6) is 0 Å². The van der Waals surface area contributed by atoms with Crippen molar-refractivity contribution in [2.45, 2.75) is 0 Å². The third-order valence-electron chi connectivity index (χ3n) is 10.9. The van der Waals surface area contributed by atoms with Gasteiger partial charge in [0, 0.05) is 75.9 Å². The van der Waals surface area contributed by atoms with E-state index in [9.17, 15) is 0 Å². The molecule has 57 heavy (non-hydrogen) atoms. The molecular formula is C51H32N6. The van der Waals surface area contributed by atoms with Gasteiger partial charge in [0.15, 0.2) is 0 Å². The van der Waals surface area contributed by atoms with E-state index in [4.69, 9.17) is 0 Å². The summed E-state index contributed by atoms with van der Waals surface area (Å²) in [7, 11) is 0. The van der Waals surface area contributed by atoms with E-state index in [0.29, 0.717) is 0 Å². The average Bonchev–Trinajstić information content (AvgIpc) is 3.68. The largest absolute Gasteiger partial charge is 0.307 e. The smallest absolute Gasteiger partial charge is 0.0892 e. The van der Waals surface area contributed by atoms with Crippen molar-refractivity contribution < 1.29 is 0 Å². The molecule has 0 saturated heterocycles. The normalized spacial score (nSPS) is 12.7. The zero-order valence-corrected chi connectivity index (χ0v) is 30.7. The molecule has 0 amide bonds. The molecule has 0 saturated carbocycles. The van der Waals surface area contributed by atoms with E-state index >= 15 is 0 Å². The van der Waals surface area contributed by atoms with Crippen molar-refractivity contribution in [2.24, 2.45) is 0 Å². The first-order chi connectivity index (χ1) is 28.3. The Morgan fingerprint density at radius 2 is 0.877 bits per heavy atom. The van der Waals surface area contributed by atoms with E-state index in [1.165, 1.54) is 5.39 Å². The van der Waals surface area contributed by atoms with Gasteiger partial charge in [-0.05, 0) is 106 Å². The number of pyridine rings is 4. The SMILES string of the molecule is C1=CC(n2c3ccc(-c4cccc(-c5cccnc5)c4)cc3c3ccncc32)=CC=CC=1n1c2ccc(-c3cccc(-c4cccnc4)c3)cc2c2ccncc21. The summed E-state index contributed by atoms with van der Waals surface area (Å²) in [6.07, 6.45) is 23.5. The van der Waals surface area contributed by atoms with Crippen LogP contribution < -0.4 is 0 Å². The highest BCUT2D eigenvalue weighted by molar-refractivity contribution is 6.13. The zero-order chi connectivity index (χ0) is 37.7. The molecule has 0 spiro atoms. The fourth-order valence-electron chi connectivity index (χ4n) is 8.22. The van der Waals surface area contributed by atoms with Gasteiger partial charge in [-0.3, -0.25) is 19.9 Å². The highest BCUT2D eigenvalue weighted by Gasteiger charge is 2.17. The summed E-state index contributed by atoms with van der Waals surface area (Å²) in [6, 6.07) is 43.1. The molecule has 0 N–H and O–H groups in total. The number of allylic oxidation sites excluding steroid dienone is 5. The molecule has 10 aromatic rings. The Hall–Kier alpha value is -7.92. The van der Waals surface area contributed by atoms with Crippen LogP contribution in [-0.2, 0) is 0 Å². The molecule has 11 rings (SSSR count). The quantitative estimate of drug-likeness (QED) is 0.160. The van der Waals surface area contributed by atoms with Gasteiger partial charge in [0.05, 0.1) is 45.9 Å². The van der Waals surface area contributed by atoms with Crippen LogP contribution in [0.2, 0.25) is 0 Å². The maximum absolute atomic E-state index is 4.56. The van der Waals surface area contributed by atoms with Gasteiger partial charge in [-0.25, -0.2) is 0 Å². The molecule has 1 aliphatic rings. The summed E-state index contributed by atoms with van der Waals surface area (Å²) >= 11 is 0. The van der Waals surface area contributed by atoms with E-state index in [1.807, 2.05) is 49.3 Å². The van der Waals surface area contributed by atoms with Crippen molar-refractivity contribution in [1.29, 1.82) is 0 Å². The summed E-state index contributed by atoms with van der Waals surface area (Å²) in [6.45, 7) is 0. The lowest BCUT2D eigenvalue weighted by molar-refractivity contribution is 1.21. The van der Waals surface area contributed by atoms with Crippen LogP contribution in [0.15, 0.2) is 201 Å². The van der Waals surface area contributed by atoms with Crippen LogP contribution >= 0.6 is 0 Å². The standard InChI is InChI=1S/C51H32N6/c1-6-34(26-36(8-1)40-10-4-22-52-30-40)38-14-18-48-46(28-38)44-20-24-54-32-50(44)56(48)42-12-3-13-43(17-16-42)57-49-19-15-39(29-47(49)45-21-25-55-33-51(45)57)35-7-2-9-37(27-35)41-11-5-23-53-31-41/h1-16,18-33H. The first kappa shape index (κ1) is 32.5. The van der Waals surface area contributed by atoms with Crippen molar-refractivity contribution >= 4 is 55.0 Å². The van der Waals surface area contributed by atoms with Gasteiger partial charge in [-0.2, -0.15) is 0 Å². The molecule has 1 aliphatic carbocycles. The molecule has 0 atom stereocenters. The zero-order valence-electron chi connectivity index (χ0n) is 30.7. The third-order valence-corrected chi connectivity index (χ3v) is 10.9. The number of nitrogens with zero attached hydrogens (tertiary/aromatic N) is 6. The van der Waals surface area contributed by atoms with Crippen molar-refractivity contribution in [3.63, 3.8) is 0 Å². The summed E-state index contributed by atoms with van der Waals surface area (Å²) in [5, 5.41) is 4.61. The topological polar surface area (TPSA) is 61.4 Å². The number of fused-ring (bicyclic) bond motifs is 6. The Bertz CT molecular complexity index is 3320. The highest BCUT2D eigenvalue weighted by Crippen LogP contribution is 2.38. The predicted octanol–water partition coefficient (Wildman–Crippen LogP) is 12.3. The van der Waals surface area contributed by atoms with Crippen LogP contribution in [-0.4, -0.2) is 29.1 Å². The second kappa shape index (κ2) is 13.4. The Morgan fingerprint density at radius 1 is 0.386 bits per heavy atom. The predicted molar refractivity (Wildman–Crippen MR) is 233 cm³/mol. The fraction of sp³-hybridized carbons (Fsp3) is 0. The van der Waals surface area contributed by atoms with Crippen molar-refractivity contribution in [1.82, 2.24) is 29.1 Å². The van der Waals surface area contributed by atoms with E-state index in [0.717, 1.165) is 94.1 Å². The van der Waals surface area contributed by atoms with E-state index in [-0.39, 0.29) is 0 Å². The van der Waals surface area contributed by atoms with Gasteiger partial charge in [0.25, 0.3) is 0 Å². The van der Waals surface area contributed by atoms with Crippen molar-refractivity contribution in [2.75, 3.05) is 0 Å². The van der Waals surface area contributed by atoms with Crippen LogP contribution in [0.25, 0.3) is 99.5 Å². The van der Waals surface area contributed by atoms with E-state index < -0.39 is 0 Å². The Balaban J connectivity index is 1.00. The van der Waals surface area contributed by atoms with E-state index in [1.54, 1.807) is 12.4 Å². The van der Waals surface area contributed by atoms with Gasteiger partial charge in [0.2, 0.25) is 0 Å². The molecule has 6 heterocycles. The number of benzene rings is 4. The monoisotopic (exact) mass is 728 g/mol. The average molecular weight is 729 g/mol. The van der Waals surface area contributed by atoms with Crippen LogP contribution in [0.3, 0.4) is 0 Å². The first-order valence-electron chi connectivity index (χ1n) is 18.9. The van der Waals surface area contributed by atoms with Gasteiger partial charge in [-0.15, -0.1) is 0 Å². The molecule has 0 fully saturated rings. The van der Waals surface area contributed by atoms with Crippen LogP contribution in [0, 0.1) is 0 Å². The van der Waals surface area contributed by atoms with Gasteiger partial charge < -0.3 is 9.13 Å². The molecule has 0 unspecified atom stereocenters. The Morgan fingerprint density at radius 3 is 1.44 bits per heavy atom. The van der Waals surface area contributed by atoms with Crippen molar-refractivity contribution in [3.05, 3.63) is 201 Å². The third kappa shape index (κ3) is 5.60.